The van der Waals surface area contributed by atoms with Crippen LogP contribution in [0, 0.1) is 16.7 Å². The van der Waals surface area contributed by atoms with E-state index < -0.39 is 5.60 Å². The van der Waals surface area contributed by atoms with Crippen LogP contribution in [0.15, 0.2) is 54.7 Å². The van der Waals surface area contributed by atoms with Crippen LogP contribution in [0.5, 0.6) is 5.75 Å². The van der Waals surface area contributed by atoms with Crippen molar-refractivity contribution in [3.8, 4) is 11.8 Å². The lowest BCUT2D eigenvalue weighted by molar-refractivity contribution is 0.00579. The number of carbonyl (C=O) groups excluding carboxylic acids is 1. The Kier molecular flexibility index (Phi) is 8.08. The SMILES string of the molecule is CC(C)(C)OC(=O)N1CCC2(CC1)CN(c1nccc(COc3ccc(C(C)(C)c4cc(Cl)cc(C#N)c4)cc3)n1)C2. The number of piperidine rings is 1. The molecule has 0 atom stereocenters. The van der Waals surface area contributed by atoms with Crippen molar-refractivity contribution in [2.24, 2.45) is 5.41 Å². The van der Waals surface area contributed by atoms with E-state index in [0.717, 1.165) is 48.5 Å². The third-order valence-electron chi connectivity index (χ3n) is 8.22. The smallest absolute Gasteiger partial charge is 0.410 e. The van der Waals surface area contributed by atoms with Gasteiger partial charge in [0.05, 0.1) is 17.3 Å². The van der Waals surface area contributed by atoms with Gasteiger partial charge < -0.3 is 19.3 Å². The Hall–Kier alpha value is -3.83. The molecule has 0 saturated carbocycles. The maximum absolute atomic E-state index is 12.4. The van der Waals surface area contributed by atoms with Crippen molar-refractivity contribution >= 4 is 23.6 Å². The van der Waals surface area contributed by atoms with E-state index in [9.17, 15) is 10.1 Å². The summed E-state index contributed by atoms with van der Waals surface area (Å²) in [5, 5.41) is 9.89. The first-order valence-electron chi connectivity index (χ1n) is 14.4. The molecule has 2 aliphatic heterocycles. The third-order valence-corrected chi connectivity index (χ3v) is 8.44. The second kappa shape index (κ2) is 11.4. The summed E-state index contributed by atoms with van der Waals surface area (Å²) in [6.45, 7) is 13.5. The van der Waals surface area contributed by atoms with Crippen LogP contribution in [0.2, 0.25) is 5.02 Å². The first kappa shape index (κ1) is 29.7. The monoisotopic (exact) mass is 587 g/mol. The molecule has 3 aromatic rings. The number of anilines is 1. The maximum atomic E-state index is 12.4. The lowest BCUT2D eigenvalue weighted by Crippen LogP contribution is -2.61. The standard InChI is InChI=1S/C33H38ClN5O3/c1-31(2,3)42-30(40)38-14-11-33(12-15-38)21-39(22-33)29-36-13-10-27(37-29)20-41-28-8-6-24(7-9-28)32(4,5)25-16-23(19-35)17-26(34)18-25/h6-10,13,16-18H,11-12,14-15,20-22H2,1-5H3. The number of nitriles is 1. The number of halogens is 1. The Labute approximate surface area is 253 Å². The van der Waals surface area contributed by atoms with Crippen molar-refractivity contribution in [3.63, 3.8) is 0 Å². The molecular weight excluding hydrogens is 550 g/mol. The van der Waals surface area contributed by atoms with Crippen LogP contribution in [-0.2, 0) is 16.8 Å². The van der Waals surface area contributed by atoms with Gasteiger partial charge in [0, 0.05) is 48.2 Å². The number of nitrogens with zero attached hydrogens (tertiary/aromatic N) is 5. The van der Waals surface area contributed by atoms with Crippen LogP contribution >= 0.6 is 11.6 Å². The fourth-order valence-corrected chi connectivity index (χ4v) is 5.87. The van der Waals surface area contributed by atoms with Crippen molar-refractivity contribution in [2.45, 2.75) is 65.1 Å². The zero-order valence-corrected chi connectivity index (χ0v) is 25.7. The number of amides is 1. The number of rotatable bonds is 6. The molecule has 0 aliphatic carbocycles. The minimum absolute atomic E-state index is 0.200. The van der Waals surface area contributed by atoms with E-state index in [0.29, 0.717) is 36.2 Å². The minimum atomic E-state index is -0.479. The molecule has 2 fully saturated rings. The summed E-state index contributed by atoms with van der Waals surface area (Å²) >= 11 is 6.26. The van der Waals surface area contributed by atoms with E-state index in [1.165, 1.54) is 0 Å². The highest BCUT2D eigenvalue weighted by atomic mass is 35.5. The predicted octanol–water partition coefficient (Wildman–Crippen LogP) is 6.74. The van der Waals surface area contributed by atoms with Gasteiger partial charge in [0.1, 0.15) is 18.0 Å². The minimum Gasteiger partial charge on any atom is -0.487 e. The zero-order valence-electron chi connectivity index (χ0n) is 25.0. The van der Waals surface area contributed by atoms with Gasteiger partial charge in [-0.1, -0.05) is 37.6 Å². The first-order chi connectivity index (χ1) is 19.9. The van der Waals surface area contributed by atoms with Gasteiger partial charge in [-0.15, -0.1) is 0 Å². The molecule has 2 saturated heterocycles. The summed E-state index contributed by atoms with van der Waals surface area (Å²) in [5.41, 5.74) is 2.82. The molecule has 2 aromatic carbocycles. The fraction of sp³-hybridized carbons (Fsp3) is 0.455. The van der Waals surface area contributed by atoms with Gasteiger partial charge in [-0.25, -0.2) is 14.8 Å². The van der Waals surface area contributed by atoms with Crippen molar-refractivity contribution in [3.05, 3.63) is 82.1 Å². The summed E-state index contributed by atoms with van der Waals surface area (Å²) in [6.07, 6.45) is 3.46. The number of hydrogen-bond acceptors (Lipinski definition) is 7. The molecule has 3 heterocycles. The molecule has 1 spiro atoms. The molecule has 8 nitrogen and oxygen atoms in total. The summed E-state index contributed by atoms with van der Waals surface area (Å²) in [4.78, 5) is 25.7. The first-order valence-corrected chi connectivity index (χ1v) is 14.7. The molecule has 42 heavy (non-hydrogen) atoms. The van der Waals surface area contributed by atoms with Gasteiger partial charge in [-0.05, 0) is 81.1 Å². The second-order valence-electron chi connectivity index (χ2n) is 12.9. The molecule has 220 valence electrons. The van der Waals surface area contributed by atoms with Crippen LogP contribution < -0.4 is 9.64 Å². The number of carbonyl (C=O) groups is 1. The van der Waals surface area contributed by atoms with Crippen LogP contribution in [0.3, 0.4) is 0 Å². The van der Waals surface area contributed by atoms with E-state index in [-0.39, 0.29) is 16.9 Å². The van der Waals surface area contributed by atoms with Crippen LogP contribution in [0.1, 0.15) is 69.8 Å². The number of likely N-dealkylation sites (tertiary alicyclic amines) is 1. The third kappa shape index (κ3) is 6.63. The number of ether oxygens (including phenoxy) is 2. The Morgan fingerprint density at radius 1 is 1.02 bits per heavy atom. The molecule has 5 rings (SSSR count). The predicted molar refractivity (Wildman–Crippen MR) is 163 cm³/mol. The summed E-state index contributed by atoms with van der Waals surface area (Å²) < 4.78 is 11.6. The van der Waals surface area contributed by atoms with Crippen LogP contribution in [0.4, 0.5) is 10.7 Å². The van der Waals surface area contributed by atoms with Gasteiger partial charge in [0.25, 0.3) is 0 Å². The molecule has 0 unspecified atom stereocenters. The molecule has 2 aliphatic rings. The zero-order chi connectivity index (χ0) is 30.1. The van der Waals surface area contributed by atoms with E-state index in [1.54, 1.807) is 12.3 Å². The lowest BCUT2D eigenvalue weighted by atomic mass is 9.72. The molecule has 9 heteroatoms. The van der Waals surface area contributed by atoms with Crippen LogP contribution in [-0.4, -0.2) is 52.7 Å². The van der Waals surface area contributed by atoms with Crippen LogP contribution in [0.25, 0.3) is 0 Å². The van der Waals surface area contributed by atoms with E-state index >= 15 is 0 Å². The molecule has 0 radical (unpaired) electrons. The quantitative estimate of drug-likeness (QED) is 0.315. The van der Waals surface area contributed by atoms with E-state index in [1.807, 2.05) is 68.1 Å². The van der Waals surface area contributed by atoms with Crippen molar-refractivity contribution in [1.29, 1.82) is 5.26 Å². The van der Waals surface area contributed by atoms with Gasteiger partial charge in [-0.3, -0.25) is 0 Å². The molecule has 0 bridgehead atoms. The van der Waals surface area contributed by atoms with E-state index in [2.05, 4.69) is 29.8 Å². The van der Waals surface area contributed by atoms with Gasteiger partial charge in [0.2, 0.25) is 5.95 Å². The largest absolute Gasteiger partial charge is 0.487 e. The Morgan fingerprint density at radius 3 is 2.36 bits per heavy atom. The van der Waals surface area contributed by atoms with Gasteiger partial charge in [0.15, 0.2) is 0 Å². The Morgan fingerprint density at radius 2 is 1.71 bits per heavy atom. The number of hydrogen-bond donors (Lipinski definition) is 0. The molecule has 0 N–H and O–H groups in total. The highest BCUT2D eigenvalue weighted by Gasteiger charge is 2.46. The highest BCUT2D eigenvalue weighted by molar-refractivity contribution is 6.30. The van der Waals surface area contributed by atoms with E-state index in [4.69, 9.17) is 26.1 Å². The summed E-state index contributed by atoms with van der Waals surface area (Å²) in [6, 6.07) is 17.5. The number of benzene rings is 2. The summed E-state index contributed by atoms with van der Waals surface area (Å²) in [7, 11) is 0. The molecule has 1 amide bonds. The number of aromatic nitrogens is 2. The fourth-order valence-electron chi connectivity index (χ4n) is 5.64. The average molecular weight is 588 g/mol. The molecule has 1 aromatic heterocycles. The second-order valence-corrected chi connectivity index (χ2v) is 13.4. The topological polar surface area (TPSA) is 91.6 Å². The van der Waals surface area contributed by atoms with Gasteiger partial charge >= 0.3 is 6.09 Å². The summed E-state index contributed by atoms with van der Waals surface area (Å²) in [5.74, 6) is 1.46. The lowest BCUT2D eigenvalue weighted by Gasteiger charge is -2.53. The van der Waals surface area contributed by atoms with Crippen molar-refractivity contribution < 1.29 is 14.3 Å². The van der Waals surface area contributed by atoms with Crippen molar-refractivity contribution in [1.82, 2.24) is 14.9 Å². The maximum Gasteiger partial charge on any atom is 0.410 e. The Bertz CT molecular complexity index is 1480. The Balaban J connectivity index is 1.14. The normalized spacial score (nSPS) is 16.5. The average Bonchev–Trinajstić information content (AvgIpc) is 2.94. The van der Waals surface area contributed by atoms with Crippen molar-refractivity contribution in [2.75, 3.05) is 31.1 Å². The van der Waals surface area contributed by atoms with Gasteiger partial charge in [-0.2, -0.15) is 5.26 Å². The highest BCUT2D eigenvalue weighted by Crippen LogP contribution is 2.42. The molecular formula is C33H38ClN5O3.